The molecule has 2 rings (SSSR count). The molecule has 0 radical (unpaired) electrons. The molecule has 12 heavy (non-hydrogen) atoms. The minimum absolute atomic E-state index is 0.263. The average molecular weight is 205 g/mol. The van der Waals surface area contributed by atoms with E-state index in [2.05, 4.69) is 10.2 Å². The molecule has 0 fully saturated rings. The molecule has 0 bridgehead atoms. The molecule has 5 heteroatoms. The molecule has 0 saturated carbocycles. The maximum atomic E-state index is 9.48. The molecule has 1 atom stereocenters. The van der Waals surface area contributed by atoms with E-state index in [4.69, 9.17) is 23.2 Å². The second-order valence-corrected chi connectivity index (χ2v) is 3.44. The minimum atomic E-state index is -0.527. The molecule has 1 N–H and O–H groups in total. The maximum absolute atomic E-state index is 9.48. The van der Waals surface area contributed by atoms with Gasteiger partial charge in [0.1, 0.15) is 0 Å². The summed E-state index contributed by atoms with van der Waals surface area (Å²) in [7, 11) is 0. The number of aliphatic hydroxyl groups excluding tert-OH is 1. The first kappa shape index (κ1) is 8.23. The molecule has 0 saturated heterocycles. The zero-order chi connectivity index (χ0) is 8.72. The quantitative estimate of drug-likeness (QED) is 0.701. The van der Waals surface area contributed by atoms with Gasteiger partial charge in [0.25, 0.3) is 0 Å². The first-order valence-corrected chi connectivity index (χ1v) is 4.34. The Bertz CT molecular complexity index is 329. The van der Waals surface area contributed by atoms with E-state index in [-0.39, 0.29) is 5.15 Å². The number of aromatic nitrogens is 2. The fourth-order valence-electron chi connectivity index (χ4n) is 1.44. The lowest BCUT2D eigenvalue weighted by Gasteiger charge is -2.04. The normalized spacial score (nSPS) is 21.1. The molecule has 0 spiro atoms. The highest BCUT2D eigenvalue weighted by Crippen LogP contribution is 2.37. The van der Waals surface area contributed by atoms with Crippen molar-refractivity contribution in [1.29, 1.82) is 0 Å². The maximum Gasteiger partial charge on any atom is 0.157 e. The molecular formula is C7H6Cl2N2O. The van der Waals surface area contributed by atoms with Gasteiger partial charge in [-0.15, -0.1) is 10.2 Å². The number of fused-ring (bicyclic) bond motifs is 1. The second kappa shape index (κ2) is 2.83. The van der Waals surface area contributed by atoms with Gasteiger partial charge in [-0.1, -0.05) is 23.2 Å². The third kappa shape index (κ3) is 1.09. The Hall–Kier alpha value is -0.380. The lowest BCUT2D eigenvalue weighted by Crippen LogP contribution is -1.96. The second-order valence-electron chi connectivity index (χ2n) is 2.73. The van der Waals surface area contributed by atoms with Gasteiger partial charge in [-0.2, -0.15) is 0 Å². The smallest absolute Gasteiger partial charge is 0.157 e. The van der Waals surface area contributed by atoms with Gasteiger partial charge in [0.2, 0.25) is 0 Å². The number of hydrogen-bond donors (Lipinski definition) is 1. The average Bonchev–Trinajstić information content (AvgIpc) is 2.42. The van der Waals surface area contributed by atoms with E-state index in [1.54, 1.807) is 0 Å². The van der Waals surface area contributed by atoms with Crippen LogP contribution in [0.2, 0.25) is 10.3 Å². The van der Waals surface area contributed by atoms with Crippen molar-refractivity contribution < 1.29 is 5.11 Å². The van der Waals surface area contributed by atoms with Crippen LogP contribution >= 0.6 is 23.2 Å². The van der Waals surface area contributed by atoms with Gasteiger partial charge in [-0.05, 0) is 12.8 Å². The molecule has 64 valence electrons. The van der Waals surface area contributed by atoms with Crippen LogP contribution in [0.3, 0.4) is 0 Å². The molecule has 1 aromatic rings. The molecule has 0 amide bonds. The van der Waals surface area contributed by atoms with Gasteiger partial charge in [0, 0.05) is 11.1 Å². The minimum Gasteiger partial charge on any atom is -0.388 e. The van der Waals surface area contributed by atoms with Gasteiger partial charge in [-0.3, -0.25) is 0 Å². The lowest BCUT2D eigenvalue weighted by atomic mass is 10.2. The summed E-state index contributed by atoms with van der Waals surface area (Å²) in [5.41, 5.74) is 1.49. The van der Waals surface area contributed by atoms with E-state index >= 15 is 0 Å². The fourth-order valence-corrected chi connectivity index (χ4v) is 1.95. The standard InChI is InChI=1S/C7H6Cl2N2O/c8-6-3-1-2-4(12)5(3)7(9)11-10-6/h4,12H,1-2H2. The third-order valence-electron chi connectivity index (χ3n) is 2.02. The van der Waals surface area contributed by atoms with Crippen LogP contribution in [0.1, 0.15) is 23.7 Å². The van der Waals surface area contributed by atoms with Crippen LogP contribution in [0.5, 0.6) is 0 Å². The van der Waals surface area contributed by atoms with Crippen molar-refractivity contribution in [3.8, 4) is 0 Å². The molecule has 1 aliphatic rings. The van der Waals surface area contributed by atoms with Crippen LogP contribution in [-0.4, -0.2) is 15.3 Å². The van der Waals surface area contributed by atoms with Crippen LogP contribution in [0.15, 0.2) is 0 Å². The molecule has 0 aliphatic heterocycles. The van der Waals surface area contributed by atoms with Crippen molar-refractivity contribution >= 4 is 23.2 Å². The highest BCUT2D eigenvalue weighted by molar-refractivity contribution is 6.32. The molecule has 1 aliphatic carbocycles. The molecular weight excluding hydrogens is 199 g/mol. The highest BCUT2D eigenvalue weighted by atomic mass is 35.5. The number of hydrogen-bond acceptors (Lipinski definition) is 3. The third-order valence-corrected chi connectivity index (χ3v) is 2.61. The van der Waals surface area contributed by atoms with Crippen LogP contribution in [0, 0.1) is 0 Å². The Balaban J connectivity index is 2.64. The van der Waals surface area contributed by atoms with Crippen molar-refractivity contribution in [2.24, 2.45) is 0 Å². The van der Waals surface area contributed by atoms with Crippen molar-refractivity contribution in [2.75, 3.05) is 0 Å². The van der Waals surface area contributed by atoms with Crippen LogP contribution in [0.4, 0.5) is 0 Å². The van der Waals surface area contributed by atoms with E-state index in [0.29, 0.717) is 17.1 Å². The zero-order valence-electron chi connectivity index (χ0n) is 6.09. The van der Waals surface area contributed by atoms with Gasteiger partial charge < -0.3 is 5.11 Å². The Morgan fingerprint density at radius 1 is 1.25 bits per heavy atom. The van der Waals surface area contributed by atoms with Gasteiger partial charge >= 0.3 is 0 Å². The predicted octanol–water partition coefficient (Wildman–Crippen LogP) is 1.76. The van der Waals surface area contributed by atoms with Gasteiger partial charge in [-0.25, -0.2) is 0 Å². The first-order chi connectivity index (χ1) is 5.70. The molecule has 1 aromatic heterocycles. The lowest BCUT2D eigenvalue weighted by molar-refractivity contribution is 0.179. The number of halogens is 2. The summed E-state index contributed by atoms with van der Waals surface area (Å²) in [5, 5.41) is 17.4. The summed E-state index contributed by atoms with van der Waals surface area (Å²) in [4.78, 5) is 0. The summed E-state index contributed by atoms with van der Waals surface area (Å²) in [6, 6.07) is 0. The van der Waals surface area contributed by atoms with Crippen molar-refractivity contribution in [1.82, 2.24) is 10.2 Å². The van der Waals surface area contributed by atoms with Crippen LogP contribution in [0.25, 0.3) is 0 Å². The van der Waals surface area contributed by atoms with E-state index in [0.717, 1.165) is 12.0 Å². The van der Waals surface area contributed by atoms with E-state index in [9.17, 15) is 5.11 Å². The largest absolute Gasteiger partial charge is 0.388 e. The number of nitrogens with zero attached hydrogens (tertiary/aromatic N) is 2. The van der Waals surface area contributed by atoms with E-state index in [1.807, 2.05) is 0 Å². The molecule has 1 heterocycles. The van der Waals surface area contributed by atoms with E-state index < -0.39 is 6.10 Å². The number of aliphatic hydroxyl groups is 1. The van der Waals surface area contributed by atoms with Crippen molar-refractivity contribution in [3.05, 3.63) is 21.4 Å². The molecule has 3 nitrogen and oxygen atoms in total. The fraction of sp³-hybridized carbons (Fsp3) is 0.429. The van der Waals surface area contributed by atoms with Crippen LogP contribution < -0.4 is 0 Å². The van der Waals surface area contributed by atoms with E-state index in [1.165, 1.54) is 0 Å². The summed E-state index contributed by atoms with van der Waals surface area (Å²) in [6.45, 7) is 0. The van der Waals surface area contributed by atoms with Crippen molar-refractivity contribution in [2.45, 2.75) is 18.9 Å². The topological polar surface area (TPSA) is 46.0 Å². The predicted molar refractivity (Wildman–Crippen MR) is 45.3 cm³/mol. The monoisotopic (exact) mass is 204 g/mol. The van der Waals surface area contributed by atoms with Gasteiger partial charge in [0.15, 0.2) is 10.3 Å². The Kier molecular flexibility index (Phi) is 1.94. The summed E-state index contributed by atoms with van der Waals surface area (Å²) in [5.74, 6) is 0. The SMILES string of the molecule is OC1CCc2c(Cl)nnc(Cl)c21. The van der Waals surface area contributed by atoms with Crippen molar-refractivity contribution in [3.63, 3.8) is 0 Å². The Labute approximate surface area is 79.3 Å². The molecule has 1 unspecified atom stereocenters. The zero-order valence-corrected chi connectivity index (χ0v) is 7.60. The summed E-state index contributed by atoms with van der Waals surface area (Å²) in [6.07, 6.45) is 0.854. The molecule has 0 aromatic carbocycles. The number of rotatable bonds is 0. The van der Waals surface area contributed by atoms with Crippen LogP contribution in [-0.2, 0) is 6.42 Å². The summed E-state index contributed by atoms with van der Waals surface area (Å²) >= 11 is 11.5. The van der Waals surface area contributed by atoms with Gasteiger partial charge in [0.05, 0.1) is 6.10 Å². The Morgan fingerprint density at radius 3 is 2.58 bits per heavy atom. The first-order valence-electron chi connectivity index (χ1n) is 3.58. The summed E-state index contributed by atoms with van der Waals surface area (Å²) < 4.78 is 0. The highest BCUT2D eigenvalue weighted by Gasteiger charge is 2.26. The Morgan fingerprint density at radius 2 is 1.92 bits per heavy atom.